The molecule has 0 amide bonds. The van der Waals surface area contributed by atoms with Crippen molar-refractivity contribution >= 4 is 0 Å². The summed E-state index contributed by atoms with van der Waals surface area (Å²) in [4.78, 5) is 2.38. The van der Waals surface area contributed by atoms with Crippen molar-refractivity contribution in [1.29, 1.82) is 0 Å². The fourth-order valence-electron chi connectivity index (χ4n) is 1.16. The zero-order chi connectivity index (χ0) is 7.98. The Labute approximate surface area is 65.4 Å². The molecular formula is C9H21N. The van der Waals surface area contributed by atoms with E-state index in [2.05, 4.69) is 32.7 Å². The van der Waals surface area contributed by atoms with Crippen molar-refractivity contribution in [2.45, 2.75) is 33.6 Å². The largest absolute Gasteiger partial charge is 0.306 e. The van der Waals surface area contributed by atoms with Gasteiger partial charge in [-0.25, -0.2) is 0 Å². The van der Waals surface area contributed by atoms with E-state index in [0.29, 0.717) is 0 Å². The molecule has 0 aromatic carbocycles. The van der Waals surface area contributed by atoms with Crippen LogP contribution in [0.15, 0.2) is 0 Å². The maximum atomic E-state index is 2.38. The van der Waals surface area contributed by atoms with Gasteiger partial charge in [-0.15, -0.1) is 0 Å². The zero-order valence-corrected chi connectivity index (χ0v) is 7.85. The van der Waals surface area contributed by atoms with E-state index in [0.717, 1.165) is 5.92 Å². The molecule has 1 aliphatic heterocycles. The Morgan fingerprint density at radius 1 is 1.40 bits per heavy atom. The number of nitrogens with zero attached hydrogens (tertiary/aromatic N) is 1. The quantitative estimate of drug-likeness (QED) is 0.503. The van der Waals surface area contributed by atoms with Crippen molar-refractivity contribution in [3.05, 3.63) is 0 Å². The molecular weight excluding hydrogens is 122 g/mol. The highest BCUT2D eigenvalue weighted by Gasteiger charge is 2.13. The average Bonchev–Trinajstić information content (AvgIpc) is 2.17. The third kappa shape index (κ3) is 4.80. The molecule has 0 bridgehead atoms. The first kappa shape index (κ1) is 9.96. The monoisotopic (exact) mass is 143 g/mol. The number of likely N-dealkylation sites (tertiary alicyclic amines) is 1. The summed E-state index contributed by atoms with van der Waals surface area (Å²) >= 11 is 0. The second-order valence-electron chi connectivity index (χ2n) is 3.36. The second kappa shape index (κ2) is 5.72. The van der Waals surface area contributed by atoms with Crippen LogP contribution in [0.4, 0.5) is 0 Å². The molecule has 1 fully saturated rings. The minimum absolute atomic E-state index is 0.949. The molecule has 1 heterocycles. The summed E-state index contributed by atoms with van der Waals surface area (Å²) in [6.07, 6.45) is 2.65. The van der Waals surface area contributed by atoms with Crippen molar-refractivity contribution in [2.24, 2.45) is 5.92 Å². The van der Waals surface area contributed by atoms with E-state index in [9.17, 15) is 0 Å². The Bertz CT molecular complexity index is 63.1. The summed E-state index contributed by atoms with van der Waals surface area (Å²) in [7, 11) is 2.18. The van der Waals surface area contributed by atoms with Crippen molar-refractivity contribution in [1.82, 2.24) is 4.90 Å². The van der Waals surface area contributed by atoms with Crippen LogP contribution in [0.25, 0.3) is 0 Å². The van der Waals surface area contributed by atoms with E-state index in [1.165, 1.54) is 25.9 Å². The Hall–Kier alpha value is -0.0400. The fourth-order valence-corrected chi connectivity index (χ4v) is 1.16. The molecule has 0 unspecified atom stereocenters. The first-order valence-electron chi connectivity index (χ1n) is 4.39. The lowest BCUT2D eigenvalue weighted by Gasteiger charge is -2.03. The fraction of sp³-hybridized carbons (Fsp3) is 1.00. The molecule has 0 aromatic heterocycles. The molecule has 1 nitrogen and oxygen atoms in total. The molecule has 0 aromatic rings. The van der Waals surface area contributed by atoms with Gasteiger partial charge in [0.15, 0.2) is 0 Å². The molecule has 1 aliphatic rings. The first-order valence-corrected chi connectivity index (χ1v) is 4.39. The Balaban J connectivity index is 0.000000236. The highest BCUT2D eigenvalue weighted by Crippen LogP contribution is 2.11. The van der Waals surface area contributed by atoms with Crippen molar-refractivity contribution in [3.8, 4) is 0 Å². The predicted octanol–water partition coefficient (Wildman–Crippen LogP) is 2.37. The van der Waals surface area contributed by atoms with Crippen LogP contribution >= 0.6 is 0 Å². The van der Waals surface area contributed by atoms with Gasteiger partial charge >= 0.3 is 0 Å². The van der Waals surface area contributed by atoms with Gasteiger partial charge in [0.2, 0.25) is 0 Å². The zero-order valence-electron chi connectivity index (χ0n) is 7.85. The van der Waals surface area contributed by atoms with Gasteiger partial charge < -0.3 is 4.90 Å². The summed E-state index contributed by atoms with van der Waals surface area (Å²) in [5.41, 5.74) is 0. The van der Waals surface area contributed by atoms with Gasteiger partial charge in [-0.1, -0.05) is 27.2 Å². The van der Waals surface area contributed by atoms with E-state index in [1.807, 2.05) is 0 Å². The molecule has 0 radical (unpaired) electrons. The first-order chi connectivity index (χ1) is 4.70. The highest BCUT2D eigenvalue weighted by molar-refractivity contribution is 4.67. The van der Waals surface area contributed by atoms with E-state index in [-0.39, 0.29) is 0 Å². The lowest BCUT2D eigenvalue weighted by molar-refractivity contribution is 0.402. The van der Waals surface area contributed by atoms with Crippen molar-refractivity contribution in [3.63, 3.8) is 0 Å². The van der Waals surface area contributed by atoms with E-state index in [4.69, 9.17) is 0 Å². The highest BCUT2D eigenvalue weighted by atomic mass is 15.1. The van der Waals surface area contributed by atoms with Crippen LogP contribution in [0.2, 0.25) is 0 Å². The molecule has 10 heavy (non-hydrogen) atoms. The molecule has 1 saturated heterocycles. The van der Waals surface area contributed by atoms with Gasteiger partial charge in [-0.05, 0) is 25.9 Å². The van der Waals surface area contributed by atoms with Gasteiger partial charge in [-0.3, -0.25) is 0 Å². The molecule has 1 heteroatoms. The lowest BCUT2D eigenvalue weighted by atomic mass is 10.2. The minimum Gasteiger partial charge on any atom is -0.306 e. The van der Waals surface area contributed by atoms with Gasteiger partial charge in [0, 0.05) is 6.54 Å². The third-order valence-corrected chi connectivity index (χ3v) is 1.63. The summed E-state index contributed by atoms with van der Waals surface area (Å²) in [5, 5.41) is 0. The molecule has 1 rings (SSSR count). The molecule has 62 valence electrons. The van der Waals surface area contributed by atoms with Crippen LogP contribution in [0, 0.1) is 5.92 Å². The summed E-state index contributed by atoms with van der Waals surface area (Å²) in [5.74, 6) is 0.949. The Morgan fingerprint density at radius 2 is 1.90 bits per heavy atom. The van der Waals surface area contributed by atoms with Crippen LogP contribution in [0.3, 0.4) is 0 Å². The van der Waals surface area contributed by atoms with E-state index in [1.54, 1.807) is 0 Å². The number of hydrogen-bond acceptors (Lipinski definition) is 1. The van der Waals surface area contributed by atoms with Gasteiger partial charge in [-0.2, -0.15) is 0 Å². The van der Waals surface area contributed by atoms with E-state index >= 15 is 0 Å². The summed E-state index contributed by atoms with van der Waals surface area (Å²) in [6.45, 7) is 9.17. The molecule has 0 saturated carbocycles. The smallest absolute Gasteiger partial charge is 0.000445 e. The van der Waals surface area contributed by atoms with Crippen molar-refractivity contribution in [2.75, 3.05) is 20.1 Å². The molecule has 0 spiro atoms. The standard InChI is InChI=1S/C6H13N.C3H8/c1-6-3-4-7(2)5-6;1-3-2/h6H,3-5H2,1-2H3;3H2,1-2H3/t6-;/m0./s1. The molecule has 1 atom stereocenters. The average molecular weight is 143 g/mol. The third-order valence-electron chi connectivity index (χ3n) is 1.63. The maximum absolute atomic E-state index is 2.38. The Kier molecular flexibility index (Phi) is 5.70. The van der Waals surface area contributed by atoms with Crippen LogP contribution in [0.1, 0.15) is 33.6 Å². The SMILES string of the molecule is CCC.C[C@H]1CCN(C)C1. The molecule has 0 aliphatic carbocycles. The van der Waals surface area contributed by atoms with Gasteiger partial charge in [0.25, 0.3) is 0 Å². The second-order valence-corrected chi connectivity index (χ2v) is 3.36. The number of hydrogen-bond donors (Lipinski definition) is 0. The number of rotatable bonds is 0. The molecule has 0 N–H and O–H groups in total. The van der Waals surface area contributed by atoms with Crippen LogP contribution in [-0.2, 0) is 0 Å². The van der Waals surface area contributed by atoms with Crippen LogP contribution in [0.5, 0.6) is 0 Å². The van der Waals surface area contributed by atoms with Crippen LogP contribution < -0.4 is 0 Å². The van der Waals surface area contributed by atoms with Crippen LogP contribution in [-0.4, -0.2) is 25.0 Å². The topological polar surface area (TPSA) is 3.24 Å². The lowest BCUT2D eigenvalue weighted by Crippen LogP contribution is -2.12. The van der Waals surface area contributed by atoms with E-state index < -0.39 is 0 Å². The normalized spacial score (nSPS) is 25.8. The maximum Gasteiger partial charge on any atom is 0.000445 e. The van der Waals surface area contributed by atoms with Crippen molar-refractivity contribution < 1.29 is 0 Å². The Morgan fingerprint density at radius 3 is 2.00 bits per heavy atom. The van der Waals surface area contributed by atoms with Gasteiger partial charge in [0.1, 0.15) is 0 Å². The minimum atomic E-state index is 0.949. The van der Waals surface area contributed by atoms with Gasteiger partial charge in [0.05, 0.1) is 0 Å². The summed E-state index contributed by atoms with van der Waals surface area (Å²) < 4.78 is 0. The predicted molar refractivity (Wildman–Crippen MR) is 47.2 cm³/mol. The summed E-state index contributed by atoms with van der Waals surface area (Å²) in [6, 6.07) is 0.